The van der Waals surface area contributed by atoms with E-state index in [1.807, 2.05) is 16.9 Å². The molecule has 1 heterocycles. The van der Waals surface area contributed by atoms with Gasteiger partial charge >= 0.3 is 0 Å². The molecular weight excluding hydrogens is 402 g/mol. The minimum absolute atomic E-state index is 0.524. The van der Waals surface area contributed by atoms with E-state index in [1.54, 1.807) is 13.3 Å². The summed E-state index contributed by atoms with van der Waals surface area (Å²) in [5.74, 6) is 1.64. The van der Waals surface area contributed by atoms with Crippen molar-refractivity contribution in [2.45, 2.75) is 33.5 Å². The van der Waals surface area contributed by atoms with Gasteiger partial charge in [-0.05, 0) is 42.7 Å². The summed E-state index contributed by atoms with van der Waals surface area (Å²) in [6.45, 7) is 7.96. The van der Waals surface area contributed by atoms with Crippen molar-refractivity contribution in [1.29, 1.82) is 0 Å². The van der Waals surface area contributed by atoms with Crippen LogP contribution in [0.15, 0.2) is 65.9 Å². The van der Waals surface area contributed by atoms with Gasteiger partial charge in [0, 0.05) is 38.2 Å². The number of methoxy groups -OCH3 is 1. The van der Waals surface area contributed by atoms with E-state index < -0.39 is 0 Å². The standard InChI is InChI=1S/C25H33N5O2/c1-4-26-25(28-18-23-10-9-20(2)15-24(23)32-14-13-31-3)27-17-21-7-5-8-22(16-21)19-30-12-6-11-29-30/h5-12,15-16H,4,13-14,17-19H2,1-3H3,(H2,26,27,28). The highest BCUT2D eigenvalue weighted by Gasteiger charge is 2.06. The molecular formula is C25H33N5O2. The van der Waals surface area contributed by atoms with Crippen molar-refractivity contribution in [3.63, 3.8) is 0 Å². The van der Waals surface area contributed by atoms with Gasteiger partial charge in [-0.3, -0.25) is 4.68 Å². The Labute approximate surface area is 190 Å². The van der Waals surface area contributed by atoms with Gasteiger partial charge < -0.3 is 20.1 Å². The summed E-state index contributed by atoms with van der Waals surface area (Å²) in [5.41, 5.74) is 4.61. The summed E-state index contributed by atoms with van der Waals surface area (Å²) in [7, 11) is 1.67. The Morgan fingerprint density at radius 1 is 1.06 bits per heavy atom. The van der Waals surface area contributed by atoms with E-state index in [0.29, 0.717) is 26.3 Å². The Morgan fingerprint density at radius 3 is 2.72 bits per heavy atom. The molecule has 0 spiro atoms. The number of rotatable bonds is 11. The maximum atomic E-state index is 5.90. The van der Waals surface area contributed by atoms with E-state index in [4.69, 9.17) is 14.5 Å². The lowest BCUT2D eigenvalue weighted by Gasteiger charge is -2.15. The fourth-order valence-electron chi connectivity index (χ4n) is 3.28. The van der Waals surface area contributed by atoms with Crippen LogP contribution in [0.3, 0.4) is 0 Å². The molecule has 2 N–H and O–H groups in total. The zero-order valence-electron chi connectivity index (χ0n) is 19.2. The normalized spacial score (nSPS) is 11.4. The number of aromatic nitrogens is 2. The highest BCUT2D eigenvalue weighted by molar-refractivity contribution is 5.79. The molecule has 32 heavy (non-hydrogen) atoms. The fraction of sp³-hybridized carbons (Fsp3) is 0.360. The molecule has 0 aliphatic heterocycles. The van der Waals surface area contributed by atoms with Crippen LogP contribution >= 0.6 is 0 Å². The average molecular weight is 436 g/mol. The van der Waals surface area contributed by atoms with Crippen LogP contribution in [0.5, 0.6) is 5.75 Å². The van der Waals surface area contributed by atoms with Gasteiger partial charge in [0.25, 0.3) is 0 Å². The molecule has 0 saturated carbocycles. The first kappa shape index (κ1) is 23.3. The van der Waals surface area contributed by atoms with Crippen molar-refractivity contribution in [2.75, 3.05) is 26.9 Å². The van der Waals surface area contributed by atoms with Crippen LogP contribution in [0.25, 0.3) is 0 Å². The van der Waals surface area contributed by atoms with Crippen LogP contribution in [-0.2, 0) is 24.4 Å². The number of aryl methyl sites for hydroxylation is 1. The lowest BCUT2D eigenvalue weighted by Crippen LogP contribution is -2.36. The number of hydrogen-bond acceptors (Lipinski definition) is 4. The first-order valence-corrected chi connectivity index (χ1v) is 11.0. The quantitative estimate of drug-likeness (QED) is 0.274. The monoisotopic (exact) mass is 435 g/mol. The molecule has 2 aromatic carbocycles. The zero-order valence-corrected chi connectivity index (χ0v) is 19.2. The van der Waals surface area contributed by atoms with Crippen molar-refractivity contribution in [1.82, 2.24) is 20.4 Å². The minimum atomic E-state index is 0.524. The van der Waals surface area contributed by atoms with Crippen LogP contribution in [-0.4, -0.2) is 42.6 Å². The molecule has 0 aliphatic carbocycles. The Bertz CT molecular complexity index is 986. The van der Waals surface area contributed by atoms with Crippen molar-refractivity contribution in [3.8, 4) is 5.75 Å². The molecule has 7 nitrogen and oxygen atoms in total. The molecule has 0 aliphatic rings. The summed E-state index contributed by atoms with van der Waals surface area (Å²) in [4.78, 5) is 4.77. The average Bonchev–Trinajstić information content (AvgIpc) is 3.30. The Kier molecular flexibility index (Phi) is 9.13. The number of aliphatic imine (C=N–C) groups is 1. The molecule has 0 bridgehead atoms. The molecule has 0 amide bonds. The third-order valence-corrected chi connectivity index (χ3v) is 4.87. The Hall–Kier alpha value is -3.32. The third-order valence-electron chi connectivity index (χ3n) is 4.87. The first-order valence-electron chi connectivity index (χ1n) is 11.0. The Morgan fingerprint density at radius 2 is 1.94 bits per heavy atom. The molecule has 0 saturated heterocycles. The van der Waals surface area contributed by atoms with E-state index in [0.717, 1.165) is 41.5 Å². The molecule has 170 valence electrons. The number of guanidine groups is 1. The van der Waals surface area contributed by atoms with Crippen molar-refractivity contribution < 1.29 is 9.47 Å². The van der Waals surface area contributed by atoms with Crippen LogP contribution in [0.2, 0.25) is 0 Å². The summed E-state index contributed by atoms with van der Waals surface area (Å²) >= 11 is 0. The summed E-state index contributed by atoms with van der Waals surface area (Å²) in [6, 6.07) is 16.6. The number of ether oxygens (including phenoxy) is 2. The van der Waals surface area contributed by atoms with Crippen LogP contribution in [0.1, 0.15) is 29.2 Å². The molecule has 0 fully saturated rings. The molecule has 1 aromatic heterocycles. The van der Waals surface area contributed by atoms with Gasteiger partial charge in [0.2, 0.25) is 0 Å². The van der Waals surface area contributed by atoms with E-state index in [9.17, 15) is 0 Å². The topological polar surface area (TPSA) is 72.7 Å². The second-order valence-corrected chi connectivity index (χ2v) is 7.52. The maximum Gasteiger partial charge on any atom is 0.191 e. The summed E-state index contributed by atoms with van der Waals surface area (Å²) in [5, 5.41) is 11.0. The van der Waals surface area contributed by atoms with Crippen molar-refractivity contribution in [3.05, 3.63) is 83.2 Å². The van der Waals surface area contributed by atoms with Gasteiger partial charge in [-0.1, -0.05) is 36.4 Å². The van der Waals surface area contributed by atoms with E-state index >= 15 is 0 Å². The first-order chi connectivity index (χ1) is 15.7. The van der Waals surface area contributed by atoms with Gasteiger partial charge in [-0.15, -0.1) is 0 Å². The lowest BCUT2D eigenvalue weighted by molar-refractivity contribution is 0.145. The largest absolute Gasteiger partial charge is 0.491 e. The predicted molar refractivity (Wildman–Crippen MR) is 128 cm³/mol. The smallest absolute Gasteiger partial charge is 0.191 e. The van der Waals surface area contributed by atoms with E-state index in [-0.39, 0.29) is 0 Å². The third kappa shape index (κ3) is 7.42. The fourth-order valence-corrected chi connectivity index (χ4v) is 3.28. The SMILES string of the molecule is CCNC(=NCc1cccc(Cn2cccn2)c1)NCc1ccc(C)cc1OCCOC. The highest BCUT2D eigenvalue weighted by atomic mass is 16.5. The molecule has 0 radical (unpaired) electrons. The Balaban J connectivity index is 1.63. The predicted octanol–water partition coefficient (Wildman–Crippen LogP) is 3.52. The lowest BCUT2D eigenvalue weighted by atomic mass is 10.1. The molecule has 3 aromatic rings. The second kappa shape index (κ2) is 12.5. The summed E-state index contributed by atoms with van der Waals surface area (Å²) < 4.78 is 12.9. The van der Waals surface area contributed by atoms with Crippen LogP contribution in [0, 0.1) is 6.92 Å². The molecule has 3 rings (SSSR count). The number of benzene rings is 2. The van der Waals surface area contributed by atoms with Gasteiger partial charge in [0.05, 0.1) is 19.7 Å². The van der Waals surface area contributed by atoms with Gasteiger partial charge in [-0.2, -0.15) is 5.10 Å². The van der Waals surface area contributed by atoms with Crippen LogP contribution in [0.4, 0.5) is 0 Å². The second-order valence-electron chi connectivity index (χ2n) is 7.52. The highest BCUT2D eigenvalue weighted by Crippen LogP contribution is 2.20. The minimum Gasteiger partial charge on any atom is -0.491 e. The van der Waals surface area contributed by atoms with Gasteiger partial charge in [0.1, 0.15) is 12.4 Å². The van der Waals surface area contributed by atoms with E-state index in [1.165, 1.54) is 5.56 Å². The zero-order chi connectivity index (χ0) is 22.6. The molecule has 0 atom stereocenters. The molecule has 7 heteroatoms. The molecule has 0 unspecified atom stereocenters. The van der Waals surface area contributed by atoms with Crippen molar-refractivity contribution in [2.24, 2.45) is 4.99 Å². The number of hydrogen-bond donors (Lipinski definition) is 2. The van der Waals surface area contributed by atoms with Crippen LogP contribution < -0.4 is 15.4 Å². The number of nitrogens with zero attached hydrogens (tertiary/aromatic N) is 3. The van der Waals surface area contributed by atoms with E-state index in [2.05, 4.69) is 72.0 Å². The van der Waals surface area contributed by atoms with Gasteiger partial charge in [0.15, 0.2) is 5.96 Å². The van der Waals surface area contributed by atoms with Gasteiger partial charge in [-0.25, -0.2) is 4.99 Å². The van der Waals surface area contributed by atoms with Crippen molar-refractivity contribution >= 4 is 5.96 Å². The number of nitrogens with one attached hydrogen (secondary N) is 2. The maximum absolute atomic E-state index is 5.90. The summed E-state index contributed by atoms with van der Waals surface area (Å²) in [6.07, 6.45) is 3.76.